The van der Waals surface area contributed by atoms with E-state index in [1.165, 1.54) is 4.31 Å². The number of rotatable bonds is 6. The fourth-order valence-electron chi connectivity index (χ4n) is 2.53. The number of carbonyl (C=O) groups is 1. The van der Waals surface area contributed by atoms with Crippen molar-refractivity contribution in [2.45, 2.75) is 32.7 Å². The van der Waals surface area contributed by atoms with E-state index in [1.807, 2.05) is 24.4 Å². The maximum Gasteiger partial charge on any atom is 0.224 e. The van der Waals surface area contributed by atoms with Crippen molar-refractivity contribution in [2.24, 2.45) is 5.92 Å². The van der Waals surface area contributed by atoms with E-state index in [0.717, 1.165) is 17.7 Å². The number of thiophene rings is 1. The lowest BCUT2D eigenvalue weighted by molar-refractivity contribution is -0.126. The smallest absolute Gasteiger partial charge is 0.224 e. The minimum Gasteiger partial charge on any atom is -0.351 e. The first-order valence-corrected chi connectivity index (χ1v) is 9.79. The van der Waals surface area contributed by atoms with Crippen LogP contribution in [0.4, 0.5) is 0 Å². The topological polar surface area (TPSA) is 66.5 Å². The minimum absolute atomic E-state index is 0.0419. The molecule has 1 fully saturated rings. The summed E-state index contributed by atoms with van der Waals surface area (Å²) in [6, 6.07) is 3.93. The molecule has 1 N–H and O–H groups in total. The average Bonchev–Trinajstić information content (AvgIpc) is 2.98. The molecule has 0 saturated carbocycles. The third-order valence-corrected chi connectivity index (χ3v) is 6.55. The van der Waals surface area contributed by atoms with Crippen molar-refractivity contribution in [3.63, 3.8) is 0 Å². The van der Waals surface area contributed by atoms with Crippen LogP contribution in [0.1, 0.15) is 31.1 Å². The molecule has 1 aliphatic rings. The van der Waals surface area contributed by atoms with Gasteiger partial charge in [0.1, 0.15) is 0 Å². The quantitative estimate of drug-likeness (QED) is 0.865. The van der Waals surface area contributed by atoms with Crippen LogP contribution in [-0.4, -0.2) is 37.5 Å². The monoisotopic (exact) mass is 330 g/mol. The van der Waals surface area contributed by atoms with Gasteiger partial charge >= 0.3 is 0 Å². The van der Waals surface area contributed by atoms with Gasteiger partial charge in [-0.3, -0.25) is 4.79 Å². The molecule has 0 aliphatic carbocycles. The molecule has 21 heavy (non-hydrogen) atoms. The summed E-state index contributed by atoms with van der Waals surface area (Å²) in [7, 11) is -3.20. The molecule has 0 unspecified atom stereocenters. The van der Waals surface area contributed by atoms with Crippen molar-refractivity contribution in [1.82, 2.24) is 9.62 Å². The number of piperidine rings is 1. The Labute approximate surface area is 130 Å². The molecule has 0 bridgehead atoms. The van der Waals surface area contributed by atoms with Crippen molar-refractivity contribution in [1.29, 1.82) is 0 Å². The second kappa shape index (κ2) is 7.38. The first-order chi connectivity index (χ1) is 10.0. The lowest BCUT2D eigenvalue weighted by Gasteiger charge is -2.31. The van der Waals surface area contributed by atoms with E-state index in [0.29, 0.717) is 26.1 Å². The van der Waals surface area contributed by atoms with E-state index in [2.05, 4.69) is 5.32 Å². The highest BCUT2D eigenvalue weighted by Crippen LogP contribution is 2.20. The highest BCUT2D eigenvalue weighted by molar-refractivity contribution is 7.89. The third-order valence-electron chi connectivity index (χ3n) is 3.63. The molecule has 5 nitrogen and oxygen atoms in total. The fraction of sp³-hybridized carbons (Fsp3) is 0.643. The molecular formula is C14H22N2O3S2. The SMILES string of the molecule is CCCS(=O)(=O)N1CCC[C@@H](C(=O)NCc2cccs2)C1. The number of nitrogens with one attached hydrogen (secondary N) is 1. The van der Waals surface area contributed by atoms with Gasteiger partial charge in [0.15, 0.2) is 0 Å². The highest BCUT2D eigenvalue weighted by Gasteiger charge is 2.31. The maximum atomic E-state index is 12.2. The summed E-state index contributed by atoms with van der Waals surface area (Å²) in [6.07, 6.45) is 2.11. The molecule has 0 aromatic carbocycles. The molecule has 1 aliphatic heterocycles. The lowest BCUT2D eigenvalue weighted by atomic mass is 9.99. The van der Waals surface area contributed by atoms with Gasteiger partial charge in [-0.1, -0.05) is 13.0 Å². The van der Waals surface area contributed by atoms with E-state index in [4.69, 9.17) is 0 Å². The molecule has 2 rings (SSSR count). The Bertz CT molecular complexity index is 555. The minimum atomic E-state index is -3.20. The van der Waals surface area contributed by atoms with Gasteiger partial charge in [-0.25, -0.2) is 12.7 Å². The Balaban J connectivity index is 1.89. The normalized spacial score (nSPS) is 20.3. The predicted molar refractivity (Wildman–Crippen MR) is 84.5 cm³/mol. The molecule has 1 saturated heterocycles. The lowest BCUT2D eigenvalue weighted by Crippen LogP contribution is -2.45. The summed E-state index contributed by atoms with van der Waals surface area (Å²) in [6.45, 7) is 3.23. The van der Waals surface area contributed by atoms with Gasteiger partial charge in [-0.2, -0.15) is 0 Å². The zero-order valence-corrected chi connectivity index (χ0v) is 13.9. The van der Waals surface area contributed by atoms with Gasteiger partial charge in [0.05, 0.1) is 18.2 Å². The van der Waals surface area contributed by atoms with Crippen molar-refractivity contribution in [2.75, 3.05) is 18.8 Å². The summed E-state index contributed by atoms with van der Waals surface area (Å²) in [5, 5.41) is 4.88. The number of hydrogen-bond acceptors (Lipinski definition) is 4. The maximum absolute atomic E-state index is 12.2. The zero-order valence-electron chi connectivity index (χ0n) is 12.2. The van der Waals surface area contributed by atoms with Crippen LogP contribution >= 0.6 is 11.3 Å². The molecule has 118 valence electrons. The Kier molecular flexibility index (Phi) is 5.78. The van der Waals surface area contributed by atoms with Crippen LogP contribution in [0.3, 0.4) is 0 Å². The van der Waals surface area contributed by atoms with E-state index < -0.39 is 10.0 Å². The van der Waals surface area contributed by atoms with Gasteiger partial charge in [0, 0.05) is 18.0 Å². The Morgan fingerprint density at radius 2 is 2.33 bits per heavy atom. The zero-order chi connectivity index (χ0) is 15.3. The van der Waals surface area contributed by atoms with Crippen LogP contribution in [0.5, 0.6) is 0 Å². The van der Waals surface area contributed by atoms with E-state index in [-0.39, 0.29) is 17.6 Å². The summed E-state index contributed by atoms with van der Waals surface area (Å²) in [5.41, 5.74) is 0. The summed E-state index contributed by atoms with van der Waals surface area (Å²) < 4.78 is 25.7. The first kappa shape index (κ1) is 16.5. The second-order valence-electron chi connectivity index (χ2n) is 5.31. The number of nitrogens with zero attached hydrogens (tertiary/aromatic N) is 1. The Hall–Kier alpha value is -0.920. The molecule has 2 heterocycles. The van der Waals surface area contributed by atoms with E-state index in [9.17, 15) is 13.2 Å². The number of hydrogen-bond donors (Lipinski definition) is 1. The van der Waals surface area contributed by atoms with Crippen LogP contribution in [0.25, 0.3) is 0 Å². The van der Waals surface area contributed by atoms with Crippen LogP contribution in [-0.2, 0) is 21.4 Å². The first-order valence-electron chi connectivity index (χ1n) is 7.31. The van der Waals surface area contributed by atoms with Gasteiger partial charge in [0.2, 0.25) is 15.9 Å². The largest absolute Gasteiger partial charge is 0.351 e. The molecule has 1 aromatic rings. The summed E-state index contributed by atoms with van der Waals surface area (Å²) in [4.78, 5) is 13.3. The predicted octanol–water partition coefficient (Wildman–Crippen LogP) is 1.82. The van der Waals surface area contributed by atoms with Crippen LogP contribution in [0.2, 0.25) is 0 Å². The van der Waals surface area contributed by atoms with Crippen molar-refractivity contribution >= 4 is 27.3 Å². The molecule has 1 atom stereocenters. The second-order valence-corrected chi connectivity index (χ2v) is 8.43. The third kappa shape index (κ3) is 4.52. The number of sulfonamides is 1. The molecule has 7 heteroatoms. The van der Waals surface area contributed by atoms with Crippen LogP contribution in [0, 0.1) is 5.92 Å². The fourth-order valence-corrected chi connectivity index (χ4v) is 4.76. The number of carbonyl (C=O) groups excluding carboxylic acids is 1. The molecule has 0 spiro atoms. The molecule has 1 amide bonds. The van der Waals surface area contributed by atoms with Gasteiger partial charge < -0.3 is 5.32 Å². The van der Waals surface area contributed by atoms with Crippen molar-refractivity contribution in [3.8, 4) is 0 Å². The Morgan fingerprint density at radius 1 is 1.52 bits per heavy atom. The molecule has 0 radical (unpaired) electrons. The van der Waals surface area contributed by atoms with Gasteiger partial charge in [-0.05, 0) is 30.7 Å². The van der Waals surface area contributed by atoms with E-state index in [1.54, 1.807) is 11.3 Å². The van der Waals surface area contributed by atoms with Gasteiger partial charge in [-0.15, -0.1) is 11.3 Å². The van der Waals surface area contributed by atoms with Crippen LogP contribution in [0.15, 0.2) is 17.5 Å². The van der Waals surface area contributed by atoms with Crippen LogP contribution < -0.4 is 5.32 Å². The molecule has 1 aromatic heterocycles. The van der Waals surface area contributed by atoms with E-state index >= 15 is 0 Å². The standard InChI is InChI=1S/C14H22N2O3S2/c1-2-9-21(18,19)16-7-3-5-12(11-16)14(17)15-10-13-6-4-8-20-13/h4,6,8,12H,2-3,5,7,9-11H2,1H3,(H,15,17)/t12-/m1/s1. The Morgan fingerprint density at radius 3 is 3.00 bits per heavy atom. The average molecular weight is 330 g/mol. The van der Waals surface area contributed by atoms with Crippen molar-refractivity contribution in [3.05, 3.63) is 22.4 Å². The number of amides is 1. The highest BCUT2D eigenvalue weighted by atomic mass is 32.2. The summed E-state index contributed by atoms with van der Waals surface area (Å²) >= 11 is 1.60. The summed E-state index contributed by atoms with van der Waals surface area (Å²) in [5.74, 6) is -0.110. The van der Waals surface area contributed by atoms with Gasteiger partial charge in [0.25, 0.3) is 0 Å². The molecular weight excluding hydrogens is 308 g/mol. The van der Waals surface area contributed by atoms with Crippen molar-refractivity contribution < 1.29 is 13.2 Å².